The summed E-state index contributed by atoms with van der Waals surface area (Å²) in [6.07, 6.45) is 1.53. The number of nitro benzene ring substituents is 1. The van der Waals surface area contributed by atoms with Crippen molar-refractivity contribution in [3.8, 4) is 11.5 Å². The lowest BCUT2D eigenvalue weighted by atomic mass is 10.0. The maximum Gasteiger partial charge on any atom is 0.339 e. The quantitative estimate of drug-likeness (QED) is 0.124. The summed E-state index contributed by atoms with van der Waals surface area (Å²) in [6.45, 7) is 6.34. The zero-order valence-corrected chi connectivity index (χ0v) is 23.5. The van der Waals surface area contributed by atoms with Gasteiger partial charge in [-0.1, -0.05) is 44.2 Å². The van der Waals surface area contributed by atoms with Crippen LogP contribution in [0.25, 0.3) is 6.08 Å². The summed E-state index contributed by atoms with van der Waals surface area (Å²) in [6, 6.07) is 16.3. The van der Waals surface area contributed by atoms with Crippen LogP contribution in [-0.4, -0.2) is 42.5 Å². The van der Waals surface area contributed by atoms with E-state index >= 15 is 0 Å². The lowest BCUT2D eigenvalue weighted by molar-refractivity contribution is -0.385. The van der Waals surface area contributed by atoms with Gasteiger partial charge in [-0.05, 0) is 71.6 Å². The fraction of sp³-hybridized carbons (Fsp3) is 0.214. The third-order valence-electron chi connectivity index (χ3n) is 5.94. The maximum atomic E-state index is 12.9. The molecule has 0 spiro atoms. The van der Waals surface area contributed by atoms with Gasteiger partial charge in [0.05, 0.1) is 16.4 Å². The number of non-ortho nitro benzene ring substituents is 1. The Balaban J connectivity index is 1.40. The van der Waals surface area contributed by atoms with Gasteiger partial charge in [0.15, 0.2) is 0 Å². The van der Waals surface area contributed by atoms with Crippen molar-refractivity contribution in [2.75, 3.05) is 13.2 Å². The number of ether oxygens (including phenoxy) is 1. The Kier molecular flexibility index (Phi) is 8.60. The molecule has 0 unspecified atom stereocenters. The van der Waals surface area contributed by atoms with Gasteiger partial charge in [0.2, 0.25) is 0 Å². The van der Waals surface area contributed by atoms with E-state index in [0.29, 0.717) is 5.56 Å². The molecule has 3 aromatic rings. The minimum absolute atomic E-state index is 0.0224. The van der Waals surface area contributed by atoms with E-state index in [0.717, 1.165) is 39.6 Å². The molecular weight excluding hydrogens is 556 g/mol. The van der Waals surface area contributed by atoms with Crippen LogP contribution in [-0.2, 0) is 14.9 Å². The maximum absolute atomic E-state index is 12.9. The smallest absolute Gasteiger partial charge is 0.339 e. The minimum Gasteiger partial charge on any atom is -0.491 e. The van der Waals surface area contributed by atoms with Crippen LogP contribution in [0.1, 0.15) is 36.5 Å². The minimum atomic E-state index is -4.31. The van der Waals surface area contributed by atoms with E-state index in [9.17, 15) is 28.1 Å². The van der Waals surface area contributed by atoms with E-state index in [2.05, 4.69) is 13.8 Å². The van der Waals surface area contributed by atoms with Gasteiger partial charge >= 0.3 is 10.1 Å². The molecule has 1 aliphatic heterocycles. The van der Waals surface area contributed by atoms with E-state index in [4.69, 9.17) is 8.92 Å². The Bertz CT molecular complexity index is 1600. The number of hydrogen-bond acceptors (Lipinski definition) is 9. The first-order valence-electron chi connectivity index (χ1n) is 12.2. The van der Waals surface area contributed by atoms with Crippen LogP contribution in [0.5, 0.6) is 11.5 Å². The number of carbonyl (C=O) groups excluding carboxylic acids is 2. The van der Waals surface area contributed by atoms with Crippen LogP contribution >= 0.6 is 11.8 Å². The number of imide groups is 1. The highest BCUT2D eigenvalue weighted by atomic mass is 32.2. The molecule has 12 heteroatoms. The van der Waals surface area contributed by atoms with Crippen molar-refractivity contribution in [1.82, 2.24) is 4.90 Å². The molecule has 0 bridgehead atoms. The summed E-state index contributed by atoms with van der Waals surface area (Å²) in [5.74, 6) is 0.520. The zero-order valence-electron chi connectivity index (χ0n) is 21.9. The second-order valence-electron chi connectivity index (χ2n) is 9.24. The fourth-order valence-electron chi connectivity index (χ4n) is 3.88. The lowest BCUT2D eigenvalue weighted by Gasteiger charge is -2.17. The largest absolute Gasteiger partial charge is 0.491 e. The number of rotatable bonds is 10. The highest BCUT2D eigenvalue weighted by Crippen LogP contribution is 2.33. The van der Waals surface area contributed by atoms with Gasteiger partial charge in [-0.15, -0.1) is 0 Å². The molecule has 0 radical (unpaired) electrons. The molecule has 0 atom stereocenters. The fourth-order valence-corrected chi connectivity index (χ4v) is 5.72. The highest BCUT2D eigenvalue weighted by molar-refractivity contribution is 8.18. The van der Waals surface area contributed by atoms with Crippen LogP contribution in [0.3, 0.4) is 0 Å². The molecule has 0 N–H and O–H groups in total. The molecule has 40 heavy (non-hydrogen) atoms. The Hall–Kier alpha value is -4.16. The van der Waals surface area contributed by atoms with Gasteiger partial charge < -0.3 is 8.92 Å². The first-order valence-corrected chi connectivity index (χ1v) is 14.4. The van der Waals surface area contributed by atoms with Gasteiger partial charge in [-0.2, -0.15) is 8.42 Å². The second-order valence-corrected chi connectivity index (χ2v) is 11.8. The number of nitro groups is 1. The summed E-state index contributed by atoms with van der Waals surface area (Å²) in [7, 11) is -4.31. The van der Waals surface area contributed by atoms with Gasteiger partial charge in [0.1, 0.15) is 23.0 Å². The van der Waals surface area contributed by atoms with Crippen LogP contribution < -0.4 is 8.92 Å². The van der Waals surface area contributed by atoms with Crippen molar-refractivity contribution < 1.29 is 31.9 Å². The van der Waals surface area contributed by atoms with E-state index in [1.165, 1.54) is 48.5 Å². The van der Waals surface area contributed by atoms with Crippen molar-refractivity contribution in [2.45, 2.75) is 31.6 Å². The molecule has 2 amide bonds. The van der Waals surface area contributed by atoms with Gasteiger partial charge in [-0.25, -0.2) is 0 Å². The number of aryl methyl sites for hydroxylation is 1. The number of hydrogen-bond donors (Lipinski definition) is 0. The predicted molar refractivity (Wildman–Crippen MR) is 151 cm³/mol. The monoisotopic (exact) mass is 582 g/mol. The van der Waals surface area contributed by atoms with Crippen molar-refractivity contribution in [3.63, 3.8) is 0 Å². The Morgan fingerprint density at radius 1 is 1.05 bits per heavy atom. The van der Waals surface area contributed by atoms with Gasteiger partial charge in [-0.3, -0.25) is 24.6 Å². The summed E-state index contributed by atoms with van der Waals surface area (Å²) in [5, 5.41) is 10.5. The van der Waals surface area contributed by atoms with E-state index < -0.39 is 26.2 Å². The number of nitrogens with zero attached hydrogens (tertiary/aromatic N) is 2. The molecule has 1 heterocycles. The van der Waals surface area contributed by atoms with E-state index in [-0.39, 0.29) is 40.3 Å². The number of benzene rings is 3. The van der Waals surface area contributed by atoms with Gasteiger partial charge in [0, 0.05) is 12.1 Å². The van der Waals surface area contributed by atoms with Gasteiger partial charge in [0.25, 0.3) is 16.8 Å². The standard InChI is InChI=1S/C28H26N2O8S2/c1-18(2)24-12-7-19(3)15-25(24)37-14-13-29-27(31)26(39-28(29)32)16-20-8-10-22(11-9-20)38-40(35,36)23-6-4-5-21(17-23)30(33)34/h4-12,15-18H,13-14H2,1-3H3/b26-16-. The zero-order chi connectivity index (χ0) is 29.0. The predicted octanol–water partition coefficient (Wildman–Crippen LogP) is 5.91. The van der Waals surface area contributed by atoms with Crippen molar-refractivity contribution in [3.05, 3.63) is 98.4 Å². The normalized spacial score (nSPS) is 14.7. The topological polar surface area (TPSA) is 133 Å². The molecule has 0 saturated carbocycles. The molecule has 0 aromatic heterocycles. The van der Waals surface area contributed by atoms with Crippen LogP contribution in [0.4, 0.5) is 10.5 Å². The number of thioether (sulfide) groups is 1. The summed E-state index contributed by atoms with van der Waals surface area (Å²) >= 11 is 0.809. The number of carbonyl (C=O) groups is 2. The van der Waals surface area contributed by atoms with Crippen molar-refractivity contribution in [2.24, 2.45) is 0 Å². The average Bonchev–Trinajstić information content (AvgIpc) is 3.17. The SMILES string of the molecule is Cc1ccc(C(C)C)c(OCCN2C(=O)S/C(=C\c3ccc(OS(=O)(=O)c4cccc([N+](=O)[O-])c4)cc3)C2=O)c1. The molecule has 10 nitrogen and oxygen atoms in total. The second kappa shape index (κ2) is 11.9. The molecule has 0 aliphatic carbocycles. The highest BCUT2D eigenvalue weighted by Gasteiger charge is 2.35. The number of amides is 2. The van der Waals surface area contributed by atoms with E-state index in [1.54, 1.807) is 0 Å². The molecule has 4 rings (SSSR count). The van der Waals surface area contributed by atoms with E-state index in [1.807, 2.05) is 25.1 Å². The average molecular weight is 583 g/mol. The first-order chi connectivity index (χ1) is 18.9. The molecule has 3 aromatic carbocycles. The summed E-state index contributed by atoms with van der Waals surface area (Å²) in [5.41, 5.74) is 2.26. The molecule has 1 aliphatic rings. The lowest BCUT2D eigenvalue weighted by Crippen LogP contribution is -2.32. The van der Waals surface area contributed by atoms with Crippen LogP contribution in [0, 0.1) is 17.0 Å². The van der Waals surface area contributed by atoms with Crippen LogP contribution in [0.15, 0.2) is 76.5 Å². The molecule has 208 valence electrons. The first kappa shape index (κ1) is 28.8. The Labute approximate surface area is 235 Å². The van der Waals surface area contributed by atoms with Crippen molar-refractivity contribution >= 4 is 44.8 Å². The Morgan fingerprint density at radius 2 is 1.77 bits per heavy atom. The molecule has 1 fully saturated rings. The third kappa shape index (κ3) is 6.69. The molecular formula is C28H26N2O8S2. The van der Waals surface area contributed by atoms with Crippen LogP contribution in [0.2, 0.25) is 0 Å². The molecule has 1 saturated heterocycles. The Morgan fingerprint density at radius 3 is 2.45 bits per heavy atom. The van der Waals surface area contributed by atoms with Crippen molar-refractivity contribution in [1.29, 1.82) is 0 Å². The third-order valence-corrected chi connectivity index (χ3v) is 8.09. The summed E-state index contributed by atoms with van der Waals surface area (Å²) < 4.78 is 36.1. The summed E-state index contributed by atoms with van der Waals surface area (Å²) in [4.78, 5) is 36.6.